The lowest BCUT2D eigenvalue weighted by Crippen LogP contribution is -2.31. The molecule has 0 spiro atoms. The quantitative estimate of drug-likeness (QED) is 0.265. The third-order valence-electron chi connectivity index (χ3n) is 5.97. The first kappa shape index (κ1) is 25.4. The van der Waals surface area contributed by atoms with Gasteiger partial charge in [0.2, 0.25) is 0 Å². The second-order valence-corrected chi connectivity index (χ2v) is 10.7. The number of aryl methyl sites for hydroxylation is 1. The van der Waals surface area contributed by atoms with Crippen molar-refractivity contribution in [2.24, 2.45) is 0 Å². The van der Waals surface area contributed by atoms with Crippen molar-refractivity contribution in [1.29, 1.82) is 0 Å². The highest BCUT2D eigenvalue weighted by molar-refractivity contribution is 7.90. The van der Waals surface area contributed by atoms with Crippen LogP contribution < -0.4 is 4.72 Å². The molecule has 0 saturated carbocycles. The van der Waals surface area contributed by atoms with E-state index in [-0.39, 0.29) is 10.6 Å². The minimum atomic E-state index is -4.03. The summed E-state index contributed by atoms with van der Waals surface area (Å²) in [5.41, 5.74) is 3.92. The van der Waals surface area contributed by atoms with Gasteiger partial charge in [-0.2, -0.15) is 0 Å². The molecule has 2 heterocycles. The monoisotopic (exact) mass is 542 g/mol. The van der Waals surface area contributed by atoms with Crippen LogP contribution in [0.2, 0.25) is 5.02 Å². The molecule has 0 bridgehead atoms. The second kappa shape index (κ2) is 10.6. The number of fused-ring (bicyclic) bond motifs is 1. The van der Waals surface area contributed by atoms with E-state index in [0.29, 0.717) is 28.6 Å². The van der Waals surface area contributed by atoms with E-state index in [9.17, 15) is 13.2 Å². The minimum absolute atomic E-state index is 0.00739. The fraction of sp³-hybridized carbons (Fsp3) is 0.0690. The van der Waals surface area contributed by atoms with Crippen LogP contribution in [0.3, 0.4) is 0 Å². The molecule has 0 unspecified atom stereocenters. The van der Waals surface area contributed by atoms with Gasteiger partial charge in [0.1, 0.15) is 17.0 Å². The number of nitrogens with one attached hydrogen (secondary N) is 1. The Morgan fingerprint density at radius 2 is 1.58 bits per heavy atom. The lowest BCUT2D eigenvalue weighted by atomic mass is 10.1. The summed E-state index contributed by atoms with van der Waals surface area (Å²) in [5, 5.41) is 0.587. The van der Waals surface area contributed by atoms with E-state index in [0.717, 1.165) is 16.7 Å². The van der Waals surface area contributed by atoms with E-state index in [1.165, 1.54) is 18.2 Å². The first-order valence-corrected chi connectivity index (χ1v) is 13.6. The zero-order valence-corrected chi connectivity index (χ0v) is 21.9. The molecule has 0 aliphatic heterocycles. The van der Waals surface area contributed by atoms with Crippen molar-refractivity contribution in [3.05, 3.63) is 124 Å². The van der Waals surface area contributed by atoms with Crippen molar-refractivity contribution in [3.63, 3.8) is 0 Å². The second-order valence-electron chi connectivity index (χ2n) is 8.63. The Hall–Kier alpha value is -4.27. The first-order valence-electron chi connectivity index (χ1n) is 11.8. The fourth-order valence-corrected chi connectivity index (χ4v) is 5.22. The average Bonchev–Trinajstić information content (AvgIpc) is 3.23. The van der Waals surface area contributed by atoms with Crippen LogP contribution >= 0.6 is 11.6 Å². The summed E-state index contributed by atoms with van der Waals surface area (Å²) >= 11 is 6.63. The van der Waals surface area contributed by atoms with E-state index in [4.69, 9.17) is 11.6 Å². The van der Waals surface area contributed by atoms with E-state index in [1.807, 2.05) is 72.2 Å². The lowest BCUT2D eigenvalue weighted by Gasteiger charge is -2.10. The SMILES string of the molecule is Cc1nc2ccc(C(=O)NS(=O)(=O)c3ccccc3)nc2n1Cc1ccc(/C=C/c2ccccc2)cc1Cl. The first-order chi connectivity index (χ1) is 18.3. The van der Waals surface area contributed by atoms with Gasteiger partial charge in [-0.05, 0) is 53.9 Å². The Morgan fingerprint density at radius 1 is 0.895 bits per heavy atom. The highest BCUT2D eigenvalue weighted by atomic mass is 35.5. The van der Waals surface area contributed by atoms with Crippen molar-refractivity contribution in [2.45, 2.75) is 18.4 Å². The number of pyridine rings is 1. The van der Waals surface area contributed by atoms with Gasteiger partial charge in [-0.25, -0.2) is 23.1 Å². The third-order valence-corrected chi connectivity index (χ3v) is 7.67. The van der Waals surface area contributed by atoms with Gasteiger partial charge in [-0.3, -0.25) is 4.79 Å². The summed E-state index contributed by atoms with van der Waals surface area (Å²) < 4.78 is 29.1. The predicted molar refractivity (Wildman–Crippen MR) is 149 cm³/mol. The van der Waals surface area contributed by atoms with E-state index >= 15 is 0 Å². The Balaban J connectivity index is 1.39. The number of carbonyl (C=O) groups is 1. The summed E-state index contributed by atoms with van der Waals surface area (Å²) in [6.07, 6.45) is 4.02. The lowest BCUT2D eigenvalue weighted by molar-refractivity contribution is 0.0977. The molecule has 3 aromatic carbocycles. The molecule has 5 aromatic rings. The van der Waals surface area contributed by atoms with Crippen molar-refractivity contribution in [3.8, 4) is 0 Å². The maximum Gasteiger partial charge on any atom is 0.283 e. The van der Waals surface area contributed by atoms with Crippen LogP contribution in [0.1, 0.15) is 33.0 Å². The molecule has 1 amide bonds. The number of amides is 1. The zero-order chi connectivity index (χ0) is 26.7. The van der Waals surface area contributed by atoms with Crippen LogP contribution in [0.25, 0.3) is 23.3 Å². The Kier molecular flexibility index (Phi) is 7.09. The van der Waals surface area contributed by atoms with E-state index < -0.39 is 15.9 Å². The molecule has 0 saturated heterocycles. The van der Waals surface area contributed by atoms with Crippen LogP contribution in [0.4, 0.5) is 0 Å². The number of hydrogen-bond acceptors (Lipinski definition) is 5. The van der Waals surface area contributed by atoms with E-state index in [2.05, 4.69) is 14.7 Å². The summed E-state index contributed by atoms with van der Waals surface area (Å²) in [5.74, 6) is -0.139. The molecule has 1 N–H and O–H groups in total. The third kappa shape index (κ3) is 5.51. The molecule has 2 aromatic heterocycles. The van der Waals surface area contributed by atoms with Crippen LogP contribution in [-0.2, 0) is 16.6 Å². The molecule has 0 fully saturated rings. The molecule has 7 nitrogen and oxygen atoms in total. The van der Waals surface area contributed by atoms with Crippen molar-refractivity contribution < 1.29 is 13.2 Å². The van der Waals surface area contributed by atoms with Gasteiger partial charge in [-0.1, -0.05) is 84.4 Å². The van der Waals surface area contributed by atoms with Crippen molar-refractivity contribution in [1.82, 2.24) is 19.3 Å². The Morgan fingerprint density at radius 3 is 2.29 bits per heavy atom. The molecule has 0 radical (unpaired) electrons. The molecule has 0 aliphatic carbocycles. The number of carbonyl (C=O) groups excluding carboxylic acids is 1. The topological polar surface area (TPSA) is 93.9 Å². The van der Waals surface area contributed by atoms with Crippen molar-refractivity contribution in [2.75, 3.05) is 0 Å². The number of imidazole rings is 1. The zero-order valence-electron chi connectivity index (χ0n) is 20.4. The molecular formula is C29H23ClN4O3S. The molecule has 190 valence electrons. The number of nitrogens with zero attached hydrogens (tertiary/aromatic N) is 3. The summed E-state index contributed by atoms with van der Waals surface area (Å²) in [6, 6.07) is 26.6. The maximum absolute atomic E-state index is 12.8. The van der Waals surface area contributed by atoms with Gasteiger partial charge in [-0.15, -0.1) is 0 Å². The molecule has 38 heavy (non-hydrogen) atoms. The summed E-state index contributed by atoms with van der Waals surface area (Å²) in [4.78, 5) is 21.8. The minimum Gasteiger partial charge on any atom is -0.308 e. The van der Waals surface area contributed by atoms with Crippen LogP contribution in [0.15, 0.2) is 95.9 Å². The largest absolute Gasteiger partial charge is 0.308 e. The number of aromatic nitrogens is 3. The number of benzene rings is 3. The highest BCUT2D eigenvalue weighted by Gasteiger charge is 2.21. The molecule has 9 heteroatoms. The van der Waals surface area contributed by atoms with Gasteiger partial charge in [0.15, 0.2) is 5.65 Å². The van der Waals surface area contributed by atoms with Gasteiger partial charge < -0.3 is 4.57 Å². The Labute approximate surface area is 225 Å². The highest BCUT2D eigenvalue weighted by Crippen LogP contribution is 2.23. The van der Waals surface area contributed by atoms with Gasteiger partial charge >= 0.3 is 0 Å². The molecule has 0 atom stereocenters. The molecular weight excluding hydrogens is 520 g/mol. The van der Waals surface area contributed by atoms with Crippen LogP contribution in [0.5, 0.6) is 0 Å². The summed E-state index contributed by atoms with van der Waals surface area (Å²) in [6.45, 7) is 2.22. The number of rotatable bonds is 7. The number of hydrogen-bond donors (Lipinski definition) is 1. The molecule has 0 aliphatic rings. The normalized spacial score (nSPS) is 11.7. The summed E-state index contributed by atoms with van der Waals surface area (Å²) in [7, 11) is -4.03. The van der Waals surface area contributed by atoms with E-state index in [1.54, 1.807) is 24.3 Å². The Bertz CT molecular complexity index is 1770. The average molecular weight is 543 g/mol. The smallest absolute Gasteiger partial charge is 0.283 e. The maximum atomic E-state index is 12.8. The fourth-order valence-electron chi connectivity index (χ4n) is 3.99. The van der Waals surface area contributed by atoms with Gasteiger partial charge in [0.05, 0.1) is 11.4 Å². The predicted octanol–water partition coefficient (Wildman–Crippen LogP) is 5.73. The van der Waals surface area contributed by atoms with Crippen LogP contribution in [0, 0.1) is 6.92 Å². The standard InChI is InChI=1S/C29H23ClN4O3S/c1-20-31-26-16-17-27(29(35)33-38(36,37)24-10-6-3-7-11-24)32-28(26)34(20)19-23-15-14-22(18-25(23)30)13-12-21-8-4-2-5-9-21/h2-18H,19H2,1H3,(H,33,35)/b13-12+. The van der Waals surface area contributed by atoms with Gasteiger partial charge in [0, 0.05) is 5.02 Å². The molecule has 5 rings (SSSR count). The number of sulfonamides is 1. The number of halogens is 1. The van der Waals surface area contributed by atoms with Crippen molar-refractivity contribution >= 4 is 50.8 Å². The van der Waals surface area contributed by atoms with Gasteiger partial charge in [0.25, 0.3) is 15.9 Å². The van der Waals surface area contributed by atoms with Crippen LogP contribution in [-0.4, -0.2) is 28.9 Å².